The molecule has 0 saturated carbocycles. The molecule has 9 nitrogen and oxygen atoms in total. The van der Waals surface area contributed by atoms with E-state index in [1.54, 1.807) is 50.2 Å². The highest BCUT2D eigenvalue weighted by Crippen LogP contribution is 2.11. The molecule has 0 aliphatic carbocycles. The fourth-order valence-electron chi connectivity index (χ4n) is 2.84. The van der Waals surface area contributed by atoms with Crippen LogP contribution in [0.25, 0.3) is 0 Å². The molecule has 1 aromatic carbocycles. The maximum atomic E-state index is 12.1. The van der Waals surface area contributed by atoms with Crippen molar-refractivity contribution in [1.29, 1.82) is 0 Å². The smallest absolute Gasteiger partial charge is 0.409 e. The van der Waals surface area contributed by atoms with Crippen LogP contribution in [0.1, 0.15) is 17.3 Å². The third-order valence-electron chi connectivity index (χ3n) is 4.36. The first-order chi connectivity index (χ1) is 13.6. The molecule has 1 aliphatic heterocycles. The van der Waals surface area contributed by atoms with Crippen molar-refractivity contribution in [3.63, 3.8) is 0 Å². The summed E-state index contributed by atoms with van der Waals surface area (Å²) in [5.41, 5.74) is 0.584. The van der Waals surface area contributed by atoms with Gasteiger partial charge in [-0.05, 0) is 31.2 Å². The average molecular weight is 519 g/mol. The highest BCUT2D eigenvalue weighted by atomic mass is 127. The van der Waals surface area contributed by atoms with Crippen molar-refractivity contribution >= 4 is 41.9 Å². The van der Waals surface area contributed by atoms with Gasteiger partial charge in [0.25, 0.3) is 5.91 Å². The molecule has 1 heterocycles. The Labute approximate surface area is 188 Å². The highest BCUT2D eigenvalue weighted by Gasteiger charge is 2.23. The van der Waals surface area contributed by atoms with Gasteiger partial charge in [-0.3, -0.25) is 9.79 Å². The molecule has 2 N–H and O–H groups in total. The number of benzene rings is 1. The Hall–Kier alpha value is -2.24. The lowest BCUT2D eigenvalue weighted by atomic mass is 10.2. The quantitative estimate of drug-likeness (QED) is 0.256. The summed E-state index contributed by atoms with van der Waals surface area (Å²) in [7, 11) is 3.31. The van der Waals surface area contributed by atoms with Crippen molar-refractivity contribution in [1.82, 2.24) is 20.4 Å². The summed E-state index contributed by atoms with van der Waals surface area (Å²) in [6.07, 6.45) is -0.272. The summed E-state index contributed by atoms with van der Waals surface area (Å²) >= 11 is 0. The maximum absolute atomic E-state index is 12.1. The predicted octanol–water partition coefficient (Wildman–Crippen LogP) is 1.39. The maximum Gasteiger partial charge on any atom is 0.409 e. The SMILES string of the molecule is CCOC(=O)N1CCN(C(=NC)NCCNC(=O)c2ccc(OC)cc2)CC1.I. The first kappa shape index (κ1) is 24.8. The third kappa shape index (κ3) is 7.59. The highest BCUT2D eigenvalue weighted by molar-refractivity contribution is 14.0. The molecule has 0 atom stereocenters. The van der Waals surface area contributed by atoms with E-state index in [0.717, 1.165) is 5.96 Å². The van der Waals surface area contributed by atoms with E-state index in [1.165, 1.54) is 0 Å². The zero-order valence-electron chi connectivity index (χ0n) is 17.1. The number of halogens is 1. The third-order valence-corrected chi connectivity index (χ3v) is 4.36. The van der Waals surface area contributed by atoms with Gasteiger partial charge in [0, 0.05) is 51.9 Å². The van der Waals surface area contributed by atoms with E-state index in [1.807, 2.05) is 0 Å². The Kier molecular flexibility index (Phi) is 11.2. The number of amides is 2. The molecule has 0 spiro atoms. The van der Waals surface area contributed by atoms with Gasteiger partial charge in [-0.1, -0.05) is 0 Å². The average Bonchev–Trinajstić information content (AvgIpc) is 2.74. The summed E-state index contributed by atoms with van der Waals surface area (Å²) < 4.78 is 10.1. The number of methoxy groups -OCH3 is 1. The lowest BCUT2D eigenvalue weighted by Crippen LogP contribution is -2.54. The van der Waals surface area contributed by atoms with Crippen LogP contribution < -0.4 is 15.4 Å². The second kappa shape index (κ2) is 13.1. The minimum Gasteiger partial charge on any atom is -0.497 e. The predicted molar refractivity (Wildman–Crippen MR) is 122 cm³/mol. The largest absolute Gasteiger partial charge is 0.497 e. The molecule has 1 saturated heterocycles. The Morgan fingerprint density at radius 2 is 1.62 bits per heavy atom. The fraction of sp³-hybridized carbons (Fsp3) is 0.526. The van der Waals surface area contributed by atoms with Crippen LogP contribution in [-0.2, 0) is 4.74 Å². The van der Waals surface area contributed by atoms with Gasteiger partial charge in [0.05, 0.1) is 13.7 Å². The van der Waals surface area contributed by atoms with E-state index < -0.39 is 0 Å². The molecule has 0 radical (unpaired) electrons. The lowest BCUT2D eigenvalue weighted by molar-refractivity contribution is 0.0914. The first-order valence-corrected chi connectivity index (χ1v) is 9.38. The zero-order chi connectivity index (χ0) is 20.4. The summed E-state index contributed by atoms with van der Waals surface area (Å²) in [5.74, 6) is 1.33. The standard InChI is InChI=1S/C19H29N5O4.HI/c1-4-28-19(26)24-13-11-23(12-14-24)18(20-2)22-10-9-21-17(25)15-5-7-16(27-3)8-6-15;/h5-8H,4,9-14H2,1-3H3,(H,20,22)(H,21,25);1H. The molecule has 1 fully saturated rings. The van der Waals surface area contributed by atoms with E-state index in [0.29, 0.717) is 57.2 Å². The second-order valence-electron chi connectivity index (χ2n) is 6.13. The topological polar surface area (TPSA) is 95.5 Å². The van der Waals surface area contributed by atoms with E-state index in [9.17, 15) is 9.59 Å². The van der Waals surface area contributed by atoms with Gasteiger partial charge in [0.15, 0.2) is 5.96 Å². The molecule has 29 heavy (non-hydrogen) atoms. The van der Waals surface area contributed by atoms with Gasteiger partial charge < -0.3 is 29.9 Å². The van der Waals surface area contributed by atoms with Crippen molar-refractivity contribution in [2.75, 3.05) is 60.0 Å². The number of ether oxygens (including phenoxy) is 2. The fourth-order valence-corrected chi connectivity index (χ4v) is 2.84. The normalized spacial score (nSPS) is 14.0. The molecule has 2 amide bonds. The molecule has 1 aliphatic rings. The molecule has 0 bridgehead atoms. The molecule has 0 unspecified atom stereocenters. The molecular weight excluding hydrogens is 489 g/mol. The number of nitrogens with one attached hydrogen (secondary N) is 2. The minimum absolute atomic E-state index is 0. The van der Waals surface area contributed by atoms with Gasteiger partial charge in [-0.15, -0.1) is 24.0 Å². The van der Waals surface area contributed by atoms with Gasteiger partial charge in [0.2, 0.25) is 0 Å². The minimum atomic E-state index is -0.272. The van der Waals surface area contributed by atoms with Crippen LogP contribution in [0.15, 0.2) is 29.3 Å². The van der Waals surface area contributed by atoms with E-state index in [2.05, 4.69) is 20.5 Å². The van der Waals surface area contributed by atoms with Crippen LogP contribution in [0.3, 0.4) is 0 Å². The number of guanidine groups is 1. The van der Waals surface area contributed by atoms with Gasteiger partial charge in [-0.2, -0.15) is 0 Å². The number of nitrogens with zero attached hydrogens (tertiary/aromatic N) is 3. The van der Waals surface area contributed by atoms with E-state index in [-0.39, 0.29) is 36.0 Å². The van der Waals surface area contributed by atoms with Crippen molar-refractivity contribution in [2.45, 2.75) is 6.92 Å². The summed E-state index contributed by atoms with van der Waals surface area (Å²) in [4.78, 5) is 32.0. The van der Waals surface area contributed by atoms with Crippen LogP contribution >= 0.6 is 24.0 Å². The van der Waals surface area contributed by atoms with Crippen molar-refractivity contribution < 1.29 is 19.1 Å². The van der Waals surface area contributed by atoms with Crippen molar-refractivity contribution in [3.05, 3.63) is 29.8 Å². The van der Waals surface area contributed by atoms with E-state index >= 15 is 0 Å². The van der Waals surface area contributed by atoms with Gasteiger partial charge in [-0.25, -0.2) is 4.79 Å². The Morgan fingerprint density at radius 3 is 2.17 bits per heavy atom. The number of hydrogen-bond donors (Lipinski definition) is 2. The molecule has 0 aromatic heterocycles. The molecule has 1 aromatic rings. The van der Waals surface area contributed by atoms with Gasteiger partial charge >= 0.3 is 6.09 Å². The van der Waals surface area contributed by atoms with Crippen LogP contribution in [-0.4, -0.2) is 87.8 Å². The Bertz CT molecular complexity index is 676. The summed E-state index contributed by atoms with van der Waals surface area (Å²) in [5, 5.41) is 6.11. The number of hydrogen-bond acceptors (Lipinski definition) is 5. The van der Waals surface area contributed by atoms with Crippen LogP contribution in [0.5, 0.6) is 5.75 Å². The van der Waals surface area contributed by atoms with Gasteiger partial charge in [0.1, 0.15) is 5.75 Å². The number of piperazine rings is 1. The second-order valence-corrected chi connectivity index (χ2v) is 6.13. The van der Waals surface area contributed by atoms with Crippen LogP contribution in [0, 0.1) is 0 Å². The van der Waals surface area contributed by atoms with Crippen molar-refractivity contribution in [3.8, 4) is 5.75 Å². The zero-order valence-corrected chi connectivity index (χ0v) is 19.5. The monoisotopic (exact) mass is 519 g/mol. The van der Waals surface area contributed by atoms with Crippen LogP contribution in [0.4, 0.5) is 4.79 Å². The Balaban J connectivity index is 0.00000420. The first-order valence-electron chi connectivity index (χ1n) is 9.38. The molecular formula is C19H30IN5O4. The number of carbonyl (C=O) groups excluding carboxylic acids is 2. The summed E-state index contributed by atoms with van der Waals surface area (Å²) in [6.45, 7) is 5.73. The summed E-state index contributed by atoms with van der Waals surface area (Å²) in [6, 6.07) is 6.96. The van der Waals surface area contributed by atoms with Crippen LogP contribution in [0.2, 0.25) is 0 Å². The lowest BCUT2D eigenvalue weighted by Gasteiger charge is -2.35. The molecule has 10 heteroatoms. The van der Waals surface area contributed by atoms with Crippen molar-refractivity contribution in [2.24, 2.45) is 4.99 Å². The number of carbonyl (C=O) groups is 2. The van der Waals surface area contributed by atoms with E-state index in [4.69, 9.17) is 9.47 Å². The molecule has 162 valence electrons. The number of rotatable bonds is 6. The molecule has 2 rings (SSSR count). The Morgan fingerprint density at radius 1 is 1.03 bits per heavy atom. The number of aliphatic imine (C=N–C) groups is 1.